The van der Waals surface area contributed by atoms with Crippen molar-refractivity contribution < 1.29 is 9.47 Å². The van der Waals surface area contributed by atoms with E-state index < -0.39 is 0 Å². The highest BCUT2D eigenvalue weighted by Gasteiger charge is 2.38. The van der Waals surface area contributed by atoms with Gasteiger partial charge in [0.25, 0.3) is 0 Å². The number of rotatable bonds is 1. The third kappa shape index (κ3) is 2.41. The zero-order chi connectivity index (χ0) is 9.15. The first-order chi connectivity index (χ1) is 6.35. The van der Waals surface area contributed by atoms with Gasteiger partial charge >= 0.3 is 0 Å². The molecule has 0 aromatic rings. The molecule has 0 aromatic heterocycles. The van der Waals surface area contributed by atoms with Gasteiger partial charge in [0.2, 0.25) is 0 Å². The molecule has 13 heavy (non-hydrogen) atoms. The normalized spacial score (nSPS) is 33.5. The van der Waals surface area contributed by atoms with Gasteiger partial charge in [0.05, 0.1) is 24.9 Å². The van der Waals surface area contributed by atoms with Crippen LogP contribution in [0.2, 0.25) is 0 Å². The van der Waals surface area contributed by atoms with Crippen molar-refractivity contribution in [3.63, 3.8) is 0 Å². The number of hydrogen-bond acceptors (Lipinski definition) is 3. The average Bonchev–Trinajstić information content (AvgIpc) is 2.19. The van der Waals surface area contributed by atoms with Crippen molar-refractivity contribution in [2.24, 2.45) is 0 Å². The summed E-state index contributed by atoms with van der Waals surface area (Å²) in [5, 5.41) is 0.891. The molecule has 0 N–H and O–H groups in total. The fourth-order valence-electron chi connectivity index (χ4n) is 1.88. The van der Waals surface area contributed by atoms with Gasteiger partial charge in [0.15, 0.2) is 0 Å². The predicted molar refractivity (Wildman–Crippen MR) is 58.8 cm³/mol. The van der Waals surface area contributed by atoms with Crippen molar-refractivity contribution in [1.29, 1.82) is 0 Å². The van der Waals surface area contributed by atoms with Crippen molar-refractivity contribution in [2.75, 3.05) is 30.0 Å². The van der Waals surface area contributed by atoms with E-state index in [1.165, 1.54) is 11.5 Å². The molecule has 4 heteroatoms. The predicted octanol–water partition coefficient (Wildman–Crippen LogP) is 2.06. The highest BCUT2D eigenvalue weighted by Crippen LogP contribution is 2.34. The van der Waals surface area contributed by atoms with Gasteiger partial charge in [-0.15, -0.1) is 0 Å². The van der Waals surface area contributed by atoms with Crippen LogP contribution >= 0.6 is 27.7 Å². The molecule has 2 aliphatic rings. The lowest BCUT2D eigenvalue weighted by Gasteiger charge is -2.42. The molecule has 1 atom stereocenters. The molecule has 2 rings (SSSR count). The number of hydrogen-bond donors (Lipinski definition) is 0. The van der Waals surface area contributed by atoms with Gasteiger partial charge in [-0.1, -0.05) is 15.9 Å². The molecule has 2 fully saturated rings. The van der Waals surface area contributed by atoms with Crippen molar-refractivity contribution >= 4 is 27.7 Å². The minimum atomic E-state index is 0.0575. The maximum absolute atomic E-state index is 6.08. The lowest BCUT2D eigenvalue weighted by Crippen LogP contribution is -2.50. The van der Waals surface area contributed by atoms with Gasteiger partial charge in [-0.05, 0) is 24.3 Å². The molecular formula is C9H15BrO2S. The zero-order valence-electron chi connectivity index (χ0n) is 7.63. The van der Waals surface area contributed by atoms with E-state index in [1.807, 2.05) is 11.8 Å². The van der Waals surface area contributed by atoms with E-state index in [4.69, 9.17) is 9.47 Å². The van der Waals surface area contributed by atoms with Crippen LogP contribution in [0.15, 0.2) is 0 Å². The first kappa shape index (κ1) is 10.3. The number of thioether (sulfide) groups is 1. The number of ether oxygens (including phenoxy) is 2. The Morgan fingerprint density at radius 1 is 1.38 bits per heavy atom. The van der Waals surface area contributed by atoms with Crippen molar-refractivity contribution in [1.82, 2.24) is 0 Å². The van der Waals surface area contributed by atoms with Gasteiger partial charge in [-0.2, -0.15) is 11.8 Å². The number of halogens is 1. The minimum absolute atomic E-state index is 0.0575. The van der Waals surface area contributed by atoms with Crippen LogP contribution in [-0.2, 0) is 9.47 Å². The van der Waals surface area contributed by atoms with Gasteiger partial charge in [0.1, 0.15) is 0 Å². The molecule has 76 valence electrons. The molecule has 2 heterocycles. The Hall–Kier alpha value is 0.750. The van der Waals surface area contributed by atoms with Crippen LogP contribution in [0.25, 0.3) is 0 Å². The first-order valence-corrected chi connectivity index (χ1v) is 7.02. The van der Waals surface area contributed by atoms with Gasteiger partial charge in [0, 0.05) is 5.33 Å². The largest absolute Gasteiger partial charge is 0.376 e. The van der Waals surface area contributed by atoms with Crippen molar-refractivity contribution in [2.45, 2.75) is 24.5 Å². The lowest BCUT2D eigenvalue weighted by molar-refractivity contribution is -0.193. The van der Waals surface area contributed by atoms with Crippen LogP contribution in [0, 0.1) is 0 Å². The summed E-state index contributed by atoms with van der Waals surface area (Å²) in [5.41, 5.74) is 0.0575. The fraction of sp³-hybridized carbons (Fsp3) is 1.00. The summed E-state index contributed by atoms with van der Waals surface area (Å²) < 4.78 is 11.7. The fourth-order valence-corrected chi connectivity index (χ4v) is 3.44. The summed E-state index contributed by atoms with van der Waals surface area (Å²) in [5.74, 6) is 2.44. The summed E-state index contributed by atoms with van der Waals surface area (Å²) in [4.78, 5) is 0. The Bertz CT molecular complexity index is 165. The molecule has 2 aliphatic heterocycles. The van der Waals surface area contributed by atoms with E-state index >= 15 is 0 Å². The van der Waals surface area contributed by atoms with Gasteiger partial charge in [-0.3, -0.25) is 0 Å². The first-order valence-electron chi connectivity index (χ1n) is 4.74. The average molecular weight is 267 g/mol. The van der Waals surface area contributed by atoms with Gasteiger partial charge in [-0.25, -0.2) is 0 Å². The second-order valence-corrected chi connectivity index (χ2v) is 5.58. The van der Waals surface area contributed by atoms with Crippen LogP contribution in [0.5, 0.6) is 0 Å². The lowest BCUT2D eigenvalue weighted by atomic mass is 9.96. The minimum Gasteiger partial charge on any atom is -0.376 e. The van der Waals surface area contributed by atoms with Crippen LogP contribution in [0.1, 0.15) is 12.8 Å². The number of alkyl halides is 1. The SMILES string of the molecule is BrCC1COCC2(CCSCC2)O1. The molecule has 0 bridgehead atoms. The van der Waals surface area contributed by atoms with Crippen LogP contribution in [0.3, 0.4) is 0 Å². The second-order valence-electron chi connectivity index (χ2n) is 3.70. The zero-order valence-corrected chi connectivity index (χ0v) is 10.0. The molecular weight excluding hydrogens is 252 g/mol. The Morgan fingerprint density at radius 3 is 2.85 bits per heavy atom. The summed E-state index contributed by atoms with van der Waals surface area (Å²) in [6, 6.07) is 0. The van der Waals surface area contributed by atoms with Crippen LogP contribution in [-0.4, -0.2) is 41.8 Å². The van der Waals surface area contributed by atoms with E-state index in [9.17, 15) is 0 Å². The molecule has 0 radical (unpaired) electrons. The highest BCUT2D eigenvalue weighted by atomic mass is 79.9. The highest BCUT2D eigenvalue weighted by molar-refractivity contribution is 9.09. The summed E-state index contributed by atoms with van der Waals surface area (Å²) in [6.07, 6.45) is 2.57. The van der Waals surface area contributed by atoms with E-state index in [-0.39, 0.29) is 11.7 Å². The molecule has 2 saturated heterocycles. The monoisotopic (exact) mass is 266 g/mol. The molecule has 0 aliphatic carbocycles. The van der Waals surface area contributed by atoms with Crippen molar-refractivity contribution in [3.8, 4) is 0 Å². The summed E-state index contributed by atoms with van der Waals surface area (Å²) in [6.45, 7) is 1.55. The smallest absolute Gasteiger partial charge is 0.0935 e. The Morgan fingerprint density at radius 2 is 2.15 bits per heavy atom. The maximum Gasteiger partial charge on any atom is 0.0935 e. The summed E-state index contributed by atoms with van der Waals surface area (Å²) in [7, 11) is 0. The standard InChI is InChI=1S/C9H15BrO2S/c10-5-8-6-11-7-9(12-8)1-3-13-4-2-9/h8H,1-7H2. The van der Waals surface area contributed by atoms with Crippen molar-refractivity contribution in [3.05, 3.63) is 0 Å². The molecule has 1 unspecified atom stereocenters. The Kier molecular flexibility index (Phi) is 3.57. The van der Waals surface area contributed by atoms with Crippen LogP contribution in [0.4, 0.5) is 0 Å². The van der Waals surface area contributed by atoms with E-state index in [2.05, 4.69) is 15.9 Å². The van der Waals surface area contributed by atoms with Crippen LogP contribution < -0.4 is 0 Å². The molecule has 0 aromatic carbocycles. The Labute approximate surface area is 91.9 Å². The third-order valence-corrected chi connectivity index (χ3v) is 4.37. The quantitative estimate of drug-likeness (QED) is 0.677. The molecule has 1 spiro atoms. The van der Waals surface area contributed by atoms with E-state index in [0.717, 1.165) is 31.4 Å². The van der Waals surface area contributed by atoms with Gasteiger partial charge < -0.3 is 9.47 Å². The topological polar surface area (TPSA) is 18.5 Å². The second kappa shape index (κ2) is 4.51. The molecule has 0 amide bonds. The third-order valence-electron chi connectivity index (χ3n) is 2.66. The van der Waals surface area contributed by atoms with E-state index in [1.54, 1.807) is 0 Å². The van der Waals surface area contributed by atoms with E-state index in [0.29, 0.717) is 0 Å². The summed E-state index contributed by atoms with van der Waals surface area (Å²) >= 11 is 5.47. The maximum atomic E-state index is 6.08. The Balaban J connectivity index is 1.95. The molecule has 0 saturated carbocycles. The molecule has 2 nitrogen and oxygen atoms in total.